The van der Waals surface area contributed by atoms with Crippen molar-refractivity contribution < 1.29 is 4.39 Å². The first-order valence-electron chi connectivity index (χ1n) is 6.27. The van der Waals surface area contributed by atoms with E-state index < -0.39 is 0 Å². The van der Waals surface area contributed by atoms with E-state index in [0.29, 0.717) is 16.5 Å². The van der Waals surface area contributed by atoms with Gasteiger partial charge >= 0.3 is 0 Å². The fourth-order valence-electron chi connectivity index (χ4n) is 1.96. The summed E-state index contributed by atoms with van der Waals surface area (Å²) >= 11 is 5.89. The van der Waals surface area contributed by atoms with Crippen molar-refractivity contribution in [3.05, 3.63) is 40.9 Å². The first-order valence-corrected chi connectivity index (χ1v) is 6.65. The third-order valence-electron chi connectivity index (χ3n) is 2.88. The second kappa shape index (κ2) is 6.05. The van der Waals surface area contributed by atoms with Gasteiger partial charge < -0.3 is 10.6 Å². The molecule has 0 spiro atoms. The maximum absolute atomic E-state index is 13.8. The molecule has 0 amide bonds. The molecule has 106 valence electrons. The molecule has 0 unspecified atom stereocenters. The molecule has 0 aliphatic rings. The molecule has 0 bridgehead atoms. The van der Waals surface area contributed by atoms with Crippen LogP contribution in [-0.4, -0.2) is 17.0 Å². The lowest BCUT2D eigenvalue weighted by Crippen LogP contribution is -2.07. The zero-order valence-corrected chi connectivity index (χ0v) is 12.3. The molecular weight excluding hydrogens is 279 g/mol. The summed E-state index contributed by atoms with van der Waals surface area (Å²) in [4.78, 5) is 8.38. The summed E-state index contributed by atoms with van der Waals surface area (Å²) in [5.41, 5.74) is 1.19. The Morgan fingerprint density at radius 3 is 2.55 bits per heavy atom. The molecule has 0 saturated carbocycles. The van der Waals surface area contributed by atoms with E-state index in [1.807, 2.05) is 13.8 Å². The highest BCUT2D eigenvalue weighted by molar-refractivity contribution is 6.30. The van der Waals surface area contributed by atoms with E-state index in [4.69, 9.17) is 11.6 Å². The van der Waals surface area contributed by atoms with Crippen LogP contribution in [0.5, 0.6) is 0 Å². The van der Waals surface area contributed by atoms with Gasteiger partial charge in [0.1, 0.15) is 23.8 Å². The number of anilines is 3. The van der Waals surface area contributed by atoms with Crippen LogP contribution in [0.3, 0.4) is 0 Å². The minimum absolute atomic E-state index is 0.184. The highest BCUT2D eigenvalue weighted by Crippen LogP contribution is 2.31. The van der Waals surface area contributed by atoms with Crippen molar-refractivity contribution >= 4 is 28.9 Å². The maximum Gasteiger partial charge on any atom is 0.146 e. The molecule has 0 aliphatic carbocycles. The first-order chi connectivity index (χ1) is 9.52. The molecule has 1 heterocycles. The molecular formula is C14H16ClFN4. The third kappa shape index (κ3) is 2.99. The van der Waals surface area contributed by atoms with E-state index in [1.54, 1.807) is 7.05 Å². The Kier molecular flexibility index (Phi) is 4.39. The minimum atomic E-state index is -0.381. The fourth-order valence-corrected chi connectivity index (χ4v) is 2.13. The Labute approximate surface area is 122 Å². The van der Waals surface area contributed by atoms with Crippen molar-refractivity contribution in [3.63, 3.8) is 0 Å². The van der Waals surface area contributed by atoms with Crippen molar-refractivity contribution in [2.45, 2.75) is 19.8 Å². The summed E-state index contributed by atoms with van der Waals surface area (Å²) in [5, 5.41) is 6.47. The normalized spacial score (nSPS) is 10.7. The Bertz CT molecular complexity index is 616. The van der Waals surface area contributed by atoms with Crippen molar-refractivity contribution in [3.8, 4) is 0 Å². The smallest absolute Gasteiger partial charge is 0.146 e. The van der Waals surface area contributed by atoms with Gasteiger partial charge in [0.25, 0.3) is 0 Å². The predicted octanol–water partition coefficient (Wildman–Crippen LogP) is 4.18. The summed E-state index contributed by atoms with van der Waals surface area (Å²) in [7, 11) is 1.79. The fraction of sp³-hybridized carbons (Fsp3) is 0.286. The van der Waals surface area contributed by atoms with Crippen LogP contribution in [0.15, 0.2) is 24.5 Å². The molecule has 1 aromatic heterocycles. The Morgan fingerprint density at radius 2 is 1.90 bits per heavy atom. The number of hydrogen-bond donors (Lipinski definition) is 2. The Hall–Kier alpha value is -1.88. The van der Waals surface area contributed by atoms with Gasteiger partial charge in [-0.15, -0.1) is 0 Å². The number of benzene rings is 1. The van der Waals surface area contributed by atoms with Crippen molar-refractivity contribution in [2.75, 3.05) is 17.7 Å². The molecule has 2 aromatic rings. The van der Waals surface area contributed by atoms with Gasteiger partial charge in [-0.3, -0.25) is 0 Å². The molecule has 0 radical (unpaired) electrons. The quantitative estimate of drug-likeness (QED) is 0.888. The largest absolute Gasteiger partial charge is 0.373 e. The molecule has 4 nitrogen and oxygen atoms in total. The highest BCUT2D eigenvalue weighted by Gasteiger charge is 2.15. The van der Waals surface area contributed by atoms with E-state index >= 15 is 0 Å². The lowest BCUT2D eigenvalue weighted by atomic mass is 10.0. The zero-order valence-electron chi connectivity index (χ0n) is 11.5. The van der Waals surface area contributed by atoms with Crippen LogP contribution in [-0.2, 0) is 0 Å². The van der Waals surface area contributed by atoms with Crippen molar-refractivity contribution in [1.82, 2.24) is 9.97 Å². The SMILES string of the molecule is CNc1ncnc(Nc2cc(Cl)ccc2F)c1C(C)C. The molecule has 0 fully saturated rings. The molecule has 2 N–H and O–H groups in total. The minimum Gasteiger partial charge on any atom is -0.373 e. The first kappa shape index (κ1) is 14.5. The van der Waals surface area contributed by atoms with Crippen LogP contribution in [0, 0.1) is 5.82 Å². The predicted molar refractivity (Wildman–Crippen MR) is 80.4 cm³/mol. The molecule has 2 rings (SSSR count). The van der Waals surface area contributed by atoms with Gasteiger partial charge in [-0.05, 0) is 24.1 Å². The number of halogens is 2. The summed E-state index contributed by atoms with van der Waals surface area (Å²) < 4.78 is 13.8. The zero-order chi connectivity index (χ0) is 14.7. The molecule has 0 aliphatic heterocycles. The van der Waals surface area contributed by atoms with Crippen molar-refractivity contribution in [2.24, 2.45) is 0 Å². The molecule has 6 heteroatoms. The van der Waals surface area contributed by atoms with Crippen LogP contribution in [0.2, 0.25) is 5.02 Å². The van der Waals surface area contributed by atoms with Crippen LogP contribution >= 0.6 is 11.6 Å². The van der Waals surface area contributed by atoms with Crippen LogP contribution in [0.1, 0.15) is 25.3 Å². The molecule has 0 saturated heterocycles. The topological polar surface area (TPSA) is 49.8 Å². The van der Waals surface area contributed by atoms with Gasteiger partial charge in [0.2, 0.25) is 0 Å². The van der Waals surface area contributed by atoms with Crippen LogP contribution < -0.4 is 10.6 Å². The monoisotopic (exact) mass is 294 g/mol. The number of aromatic nitrogens is 2. The summed E-state index contributed by atoms with van der Waals surface area (Å²) in [5.74, 6) is 1.09. The van der Waals surface area contributed by atoms with E-state index in [0.717, 1.165) is 11.4 Å². The molecule has 0 atom stereocenters. The number of nitrogens with zero attached hydrogens (tertiary/aromatic N) is 2. The summed E-state index contributed by atoms with van der Waals surface area (Å²) in [6, 6.07) is 4.35. The van der Waals surface area contributed by atoms with Gasteiger partial charge in [-0.25, -0.2) is 14.4 Å². The number of rotatable bonds is 4. The summed E-state index contributed by atoms with van der Waals surface area (Å²) in [6.07, 6.45) is 1.43. The number of nitrogens with one attached hydrogen (secondary N) is 2. The Balaban J connectivity index is 2.45. The standard InChI is InChI=1S/C14H16ClFN4/c1-8(2)12-13(17-3)18-7-19-14(12)20-11-6-9(15)4-5-10(11)16/h4-8H,1-3H3,(H2,17,18,19,20). The van der Waals surface area contributed by atoms with E-state index in [9.17, 15) is 4.39 Å². The Morgan fingerprint density at radius 1 is 1.20 bits per heavy atom. The van der Waals surface area contributed by atoms with E-state index in [-0.39, 0.29) is 11.7 Å². The molecule has 20 heavy (non-hydrogen) atoms. The van der Waals surface area contributed by atoms with Gasteiger partial charge in [0, 0.05) is 17.6 Å². The van der Waals surface area contributed by atoms with Crippen molar-refractivity contribution in [1.29, 1.82) is 0 Å². The van der Waals surface area contributed by atoms with Crippen LogP contribution in [0.4, 0.5) is 21.7 Å². The lowest BCUT2D eigenvalue weighted by Gasteiger charge is -2.17. The average molecular weight is 295 g/mol. The van der Waals surface area contributed by atoms with Gasteiger partial charge in [-0.1, -0.05) is 25.4 Å². The lowest BCUT2D eigenvalue weighted by molar-refractivity contribution is 0.631. The third-order valence-corrected chi connectivity index (χ3v) is 3.11. The van der Waals surface area contributed by atoms with E-state index in [1.165, 1.54) is 24.5 Å². The maximum atomic E-state index is 13.8. The number of hydrogen-bond acceptors (Lipinski definition) is 4. The summed E-state index contributed by atoms with van der Waals surface area (Å²) in [6.45, 7) is 4.05. The van der Waals surface area contributed by atoms with Gasteiger partial charge in [-0.2, -0.15) is 0 Å². The van der Waals surface area contributed by atoms with E-state index in [2.05, 4.69) is 20.6 Å². The second-order valence-corrected chi connectivity index (χ2v) is 5.07. The van der Waals surface area contributed by atoms with Gasteiger partial charge in [0.05, 0.1) is 5.69 Å². The average Bonchev–Trinajstić information content (AvgIpc) is 2.42. The molecule has 1 aromatic carbocycles. The van der Waals surface area contributed by atoms with Crippen LogP contribution in [0.25, 0.3) is 0 Å². The van der Waals surface area contributed by atoms with Gasteiger partial charge in [0.15, 0.2) is 0 Å². The second-order valence-electron chi connectivity index (χ2n) is 4.64. The highest BCUT2D eigenvalue weighted by atomic mass is 35.5.